The van der Waals surface area contributed by atoms with Gasteiger partial charge in [-0.15, -0.1) is 0 Å². The molecule has 1 aromatic rings. The van der Waals surface area contributed by atoms with E-state index in [1.54, 1.807) is 0 Å². The van der Waals surface area contributed by atoms with Gasteiger partial charge in [-0.1, -0.05) is 32.9 Å². The molecule has 2 heteroatoms. The van der Waals surface area contributed by atoms with Crippen LogP contribution in [0.15, 0.2) is 12.1 Å². The Balaban J connectivity index is 3.46. The standard InChI is InChI=1S/C15H25NO/c1-10-7-12(3)13(8-11(10)2)15(17,9-16)14(4,5)6/h7-8,17H,9,16H2,1-6H3. The molecule has 0 bridgehead atoms. The molecular formula is C15H25NO. The van der Waals surface area contributed by atoms with E-state index in [2.05, 4.69) is 26.0 Å². The fourth-order valence-corrected chi connectivity index (χ4v) is 2.23. The number of hydrogen-bond acceptors (Lipinski definition) is 2. The molecule has 17 heavy (non-hydrogen) atoms. The molecular weight excluding hydrogens is 210 g/mol. The first-order chi connectivity index (χ1) is 7.63. The van der Waals surface area contributed by atoms with Crippen LogP contribution in [0.25, 0.3) is 0 Å². The molecule has 96 valence electrons. The van der Waals surface area contributed by atoms with Crippen LogP contribution in [-0.2, 0) is 5.60 Å². The van der Waals surface area contributed by atoms with Crippen molar-refractivity contribution in [3.8, 4) is 0 Å². The first kappa shape index (κ1) is 14.2. The van der Waals surface area contributed by atoms with Gasteiger partial charge in [-0.05, 0) is 48.4 Å². The summed E-state index contributed by atoms with van der Waals surface area (Å²) in [5.41, 5.74) is 9.08. The molecule has 1 aromatic carbocycles. The lowest BCUT2D eigenvalue weighted by Crippen LogP contribution is -2.46. The summed E-state index contributed by atoms with van der Waals surface area (Å²) >= 11 is 0. The highest BCUT2D eigenvalue weighted by Gasteiger charge is 2.41. The van der Waals surface area contributed by atoms with Gasteiger partial charge in [0.2, 0.25) is 0 Å². The van der Waals surface area contributed by atoms with Gasteiger partial charge in [0.05, 0.1) is 0 Å². The van der Waals surface area contributed by atoms with Gasteiger partial charge in [0.1, 0.15) is 5.60 Å². The Hall–Kier alpha value is -0.860. The number of aryl methyl sites for hydroxylation is 3. The van der Waals surface area contributed by atoms with E-state index in [9.17, 15) is 5.11 Å². The van der Waals surface area contributed by atoms with Crippen molar-refractivity contribution in [1.29, 1.82) is 0 Å². The Morgan fingerprint density at radius 2 is 1.47 bits per heavy atom. The molecule has 1 atom stereocenters. The SMILES string of the molecule is Cc1cc(C)c(C(O)(CN)C(C)(C)C)cc1C. The zero-order chi connectivity index (χ0) is 13.4. The molecule has 0 saturated heterocycles. The van der Waals surface area contributed by atoms with Gasteiger partial charge in [0, 0.05) is 6.54 Å². The second-order valence-corrected chi connectivity index (χ2v) is 6.07. The van der Waals surface area contributed by atoms with Crippen molar-refractivity contribution in [2.45, 2.75) is 47.1 Å². The minimum absolute atomic E-state index is 0.236. The third-order valence-electron chi connectivity index (χ3n) is 3.82. The Morgan fingerprint density at radius 1 is 1.00 bits per heavy atom. The average molecular weight is 235 g/mol. The maximum atomic E-state index is 10.9. The summed E-state index contributed by atoms with van der Waals surface area (Å²) in [4.78, 5) is 0. The van der Waals surface area contributed by atoms with Gasteiger partial charge in [0.25, 0.3) is 0 Å². The second kappa shape index (κ2) is 4.43. The molecule has 0 aliphatic heterocycles. The average Bonchev–Trinajstić information content (AvgIpc) is 2.20. The number of hydrogen-bond donors (Lipinski definition) is 2. The van der Waals surface area contributed by atoms with E-state index in [4.69, 9.17) is 5.73 Å². The maximum absolute atomic E-state index is 10.9. The third-order valence-corrected chi connectivity index (χ3v) is 3.82. The monoisotopic (exact) mass is 235 g/mol. The van der Waals surface area contributed by atoms with E-state index in [-0.39, 0.29) is 12.0 Å². The van der Waals surface area contributed by atoms with Crippen molar-refractivity contribution in [1.82, 2.24) is 0 Å². The molecule has 3 N–H and O–H groups in total. The number of rotatable bonds is 2. The van der Waals surface area contributed by atoms with Gasteiger partial charge >= 0.3 is 0 Å². The summed E-state index contributed by atoms with van der Waals surface area (Å²) in [6.07, 6.45) is 0. The molecule has 0 aliphatic carbocycles. The van der Waals surface area contributed by atoms with Gasteiger partial charge in [0.15, 0.2) is 0 Å². The topological polar surface area (TPSA) is 46.2 Å². The molecule has 0 amide bonds. The zero-order valence-corrected chi connectivity index (χ0v) is 11.9. The minimum atomic E-state index is -0.977. The van der Waals surface area contributed by atoms with E-state index >= 15 is 0 Å². The number of benzene rings is 1. The Kier molecular flexibility index (Phi) is 3.70. The number of nitrogens with two attached hydrogens (primary N) is 1. The van der Waals surface area contributed by atoms with Crippen LogP contribution in [0.1, 0.15) is 43.0 Å². The highest BCUT2D eigenvalue weighted by atomic mass is 16.3. The van der Waals surface area contributed by atoms with Crippen molar-refractivity contribution >= 4 is 0 Å². The molecule has 1 unspecified atom stereocenters. The van der Waals surface area contributed by atoms with Crippen LogP contribution in [0.2, 0.25) is 0 Å². The van der Waals surface area contributed by atoms with E-state index in [0.29, 0.717) is 0 Å². The lowest BCUT2D eigenvalue weighted by molar-refractivity contribution is -0.0562. The van der Waals surface area contributed by atoms with E-state index in [1.807, 2.05) is 27.7 Å². The lowest BCUT2D eigenvalue weighted by atomic mass is 9.70. The van der Waals surface area contributed by atoms with Gasteiger partial charge < -0.3 is 10.8 Å². The van der Waals surface area contributed by atoms with Crippen LogP contribution in [0.3, 0.4) is 0 Å². The Bertz CT molecular complexity index is 418. The smallest absolute Gasteiger partial charge is 0.107 e. The van der Waals surface area contributed by atoms with Crippen LogP contribution in [0, 0.1) is 26.2 Å². The van der Waals surface area contributed by atoms with Crippen LogP contribution in [0.4, 0.5) is 0 Å². The highest BCUT2D eigenvalue weighted by Crippen LogP contribution is 2.40. The molecule has 0 spiro atoms. The molecule has 1 rings (SSSR count). The molecule has 0 saturated carbocycles. The van der Waals surface area contributed by atoms with Crippen molar-refractivity contribution in [2.24, 2.45) is 11.1 Å². The van der Waals surface area contributed by atoms with Gasteiger partial charge in [-0.25, -0.2) is 0 Å². The van der Waals surface area contributed by atoms with Crippen LogP contribution < -0.4 is 5.73 Å². The van der Waals surface area contributed by atoms with Crippen molar-refractivity contribution in [3.63, 3.8) is 0 Å². The molecule has 0 heterocycles. The summed E-state index contributed by atoms with van der Waals surface area (Å²) in [5, 5.41) is 10.9. The zero-order valence-electron chi connectivity index (χ0n) is 11.9. The summed E-state index contributed by atoms with van der Waals surface area (Å²) in [6, 6.07) is 4.19. The fraction of sp³-hybridized carbons (Fsp3) is 0.600. The summed E-state index contributed by atoms with van der Waals surface area (Å²) in [5.74, 6) is 0. The Labute approximate surface area is 105 Å². The third kappa shape index (κ3) is 2.38. The largest absolute Gasteiger partial charge is 0.383 e. The van der Waals surface area contributed by atoms with Crippen molar-refractivity contribution in [3.05, 3.63) is 34.4 Å². The van der Waals surface area contributed by atoms with E-state index in [1.165, 1.54) is 11.1 Å². The Morgan fingerprint density at radius 3 is 1.88 bits per heavy atom. The molecule has 0 aliphatic rings. The summed E-state index contributed by atoms with van der Waals surface area (Å²) in [7, 11) is 0. The molecule has 0 aromatic heterocycles. The number of aliphatic hydroxyl groups is 1. The van der Waals surface area contributed by atoms with Gasteiger partial charge in [-0.2, -0.15) is 0 Å². The highest BCUT2D eigenvalue weighted by molar-refractivity contribution is 5.40. The van der Waals surface area contributed by atoms with Crippen LogP contribution >= 0.6 is 0 Å². The lowest BCUT2D eigenvalue weighted by Gasteiger charge is -2.41. The minimum Gasteiger partial charge on any atom is -0.383 e. The van der Waals surface area contributed by atoms with E-state index in [0.717, 1.165) is 11.1 Å². The summed E-state index contributed by atoms with van der Waals surface area (Å²) < 4.78 is 0. The summed E-state index contributed by atoms with van der Waals surface area (Å²) in [6.45, 7) is 12.5. The first-order valence-electron chi connectivity index (χ1n) is 6.14. The molecule has 0 radical (unpaired) electrons. The van der Waals surface area contributed by atoms with Crippen molar-refractivity contribution < 1.29 is 5.11 Å². The molecule has 2 nitrogen and oxygen atoms in total. The van der Waals surface area contributed by atoms with Crippen LogP contribution in [-0.4, -0.2) is 11.7 Å². The maximum Gasteiger partial charge on any atom is 0.107 e. The predicted molar refractivity (Wildman–Crippen MR) is 73.1 cm³/mol. The normalized spacial score (nSPS) is 15.8. The predicted octanol–water partition coefficient (Wildman–Crippen LogP) is 2.80. The van der Waals surface area contributed by atoms with Crippen LogP contribution in [0.5, 0.6) is 0 Å². The van der Waals surface area contributed by atoms with E-state index < -0.39 is 5.60 Å². The van der Waals surface area contributed by atoms with Crippen molar-refractivity contribution in [2.75, 3.05) is 6.54 Å². The second-order valence-electron chi connectivity index (χ2n) is 6.07. The quantitative estimate of drug-likeness (QED) is 0.828. The first-order valence-corrected chi connectivity index (χ1v) is 6.14. The fourth-order valence-electron chi connectivity index (χ4n) is 2.23. The van der Waals surface area contributed by atoms with Gasteiger partial charge in [-0.3, -0.25) is 0 Å². The molecule has 0 fully saturated rings.